The van der Waals surface area contributed by atoms with Crippen molar-refractivity contribution in [2.75, 3.05) is 0 Å². The lowest BCUT2D eigenvalue weighted by molar-refractivity contribution is 0.0455. The lowest BCUT2D eigenvalue weighted by Crippen LogP contribution is -2.31. The van der Waals surface area contributed by atoms with E-state index in [2.05, 4.69) is 15.9 Å². The van der Waals surface area contributed by atoms with Crippen molar-refractivity contribution in [2.24, 2.45) is 0 Å². The molecule has 19 heavy (non-hydrogen) atoms. The summed E-state index contributed by atoms with van der Waals surface area (Å²) in [6.07, 6.45) is -2.99. The summed E-state index contributed by atoms with van der Waals surface area (Å²) in [7, 11) is -4.38. The van der Waals surface area contributed by atoms with Gasteiger partial charge in [-0.2, -0.15) is 8.42 Å². The highest BCUT2D eigenvalue weighted by atomic mass is 79.9. The van der Waals surface area contributed by atoms with Gasteiger partial charge < -0.3 is 0 Å². The van der Waals surface area contributed by atoms with E-state index in [0.717, 1.165) is 0 Å². The molecule has 2 unspecified atom stereocenters. The van der Waals surface area contributed by atoms with Crippen LogP contribution in [0.4, 0.5) is 13.2 Å². The van der Waals surface area contributed by atoms with Crippen LogP contribution in [-0.4, -0.2) is 29.2 Å². The zero-order valence-corrected chi connectivity index (χ0v) is 12.5. The molecule has 0 saturated carbocycles. The second kappa shape index (κ2) is 5.97. The smallest absolute Gasteiger partial charge is 0.284 e. The predicted octanol–water partition coefficient (Wildman–Crippen LogP) is 3.63. The van der Waals surface area contributed by atoms with E-state index in [9.17, 15) is 21.6 Å². The Morgan fingerprint density at radius 3 is 2.53 bits per heavy atom. The van der Waals surface area contributed by atoms with Crippen molar-refractivity contribution in [3.8, 4) is 0 Å². The van der Waals surface area contributed by atoms with Gasteiger partial charge in [0.25, 0.3) is 16.5 Å². The molecule has 1 aliphatic rings. The lowest BCUT2D eigenvalue weighted by Gasteiger charge is -2.27. The molecule has 1 aliphatic carbocycles. The second-order valence-corrected chi connectivity index (χ2v) is 8.07. The number of alkyl halides is 4. The molecule has 1 N–H and O–H groups in total. The molecule has 3 nitrogen and oxygen atoms in total. The quantitative estimate of drug-likeness (QED) is 0.600. The molecular formula is C11H14BrF3O3S. The van der Waals surface area contributed by atoms with Crippen LogP contribution in [0.2, 0.25) is 0 Å². The minimum absolute atomic E-state index is 0.0184. The maximum absolute atomic E-state index is 12.9. The van der Waals surface area contributed by atoms with E-state index in [1.807, 2.05) is 0 Å². The minimum Gasteiger partial charge on any atom is -0.284 e. The number of rotatable bonds is 5. The first kappa shape index (κ1) is 16.7. The van der Waals surface area contributed by atoms with E-state index in [-0.39, 0.29) is 19.3 Å². The second-order valence-electron chi connectivity index (χ2n) is 4.45. The highest BCUT2D eigenvalue weighted by molar-refractivity contribution is 9.11. The molecule has 8 heteroatoms. The molecule has 0 aromatic heterocycles. The minimum atomic E-state index is -4.38. The molecule has 0 spiro atoms. The molecule has 0 aromatic rings. The fourth-order valence-electron chi connectivity index (χ4n) is 1.76. The van der Waals surface area contributed by atoms with Gasteiger partial charge in [-0.25, -0.2) is 13.2 Å². The summed E-state index contributed by atoms with van der Waals surface area (Å²) in [5, 5.41) is 0. The Balaban J connectivity index is 2.82. The molecule has 110 valence electrons. The van der Waals surface area contributed by atoms with Gasteiger partial charge in [0.05, 0.1) is 0 Å². The van der Waals surface area contributed by atoms with E-state index in [4.69, 9.17) is 4.55 Å². The lowest BCUT2D eigenvalue weighted by atomic mass is 9.93. The molecule has 0 fully saturated rings. The SMILES string of the molecule is CC1=C(CCC(F)C(F)F)CC(Br)(S(=O)(=O)O)C=C1. The summed E-state index contributed by atoms with van der Waals surface area (Å²) in [6.45, 7) is 1.68. The van der Waals surface area contributed by atoms with Crippen molar-refractivity contribution in [1.29, 1.82) is 0 Å². The first-order valence-electron chi connectivity index (χ1n) is 5.53. The Labute approximate surface area is 118 Å². The average Bonchev–Trinajstić information content (AvgIpc) is 2.28. The maximum Gasteiger partial charge on any atom is 0.284 e. The van der Waals surface area contributed by atoms with E-state index in [1.165, 1.54) is 12.2 Å². The summed E-state index contributed by atoms with van der Waals surface area (Å²) in [5.74, 6) is 0. The van der Waals surface area contributed by atoms with Gasteiger partial charge in [0, 0.05) is 6.42 Å². The van der Waals surface area contributed by atoms with Gasteiger partial charge in [0.1, 0.15) is 0 Å². The highest BCUT2D eigenvalue weighted by Gasteiger charge is 2.40. The van der Waals surface area contributed by atoms with Crippen LogP contribution in [-0.2, 0) is 10.1 Å². The van der Waals surface area contributed by atoms with Crippen LogP contribution in [0.25, 0.3) is 0 Å². The third kappa shape index (κ3) is 4.06. The van der Waals surface area contributed by atoms with E-state index < -0.39 is 26.4 Å². The molecule has 0 aromatic carbocycles. The largest absolute Gasteiger partial charge is 0.284 e. The molecule has 0 heterocycles. The van der Waals surface area contributed by atoms with Crippen molar-refractivity contribution < 1.29 is 26.1 Å². The molecule has 0 saturated heterocycles. The Hall–Kier alpha value is -0.340. The number of allylic oxidation sites excluding steroid dienone is 3. The van der Waals surface area contributed by atoms with Crippen molar-refractivity contribution in [2.45, 2.75) is 42.4 Å². The zero-order chi connectivity index (χ0) is 14.8. The summed E-state index contributed by atoms with van der Waals surface area (Å²) < 4.78 is 67.0. The van der Waals surface area contributed by atoms with Gasteiger partial charge in [-0.05, 0) is 25.8 Å². The van der Waals surface area contributed by atoms with Gasteiger partial charge in [-0.3, -0.25) is 4.55 Å². The van der Waals surface area contributed by atoms with Crippen LogP contribution in [0.3, 0.4) is 0 Å². The van der Waals surface area contributed by atoms with Crippen LogP contribution in [0, 0.1) is 0 Å². The molecular weight excluding hydrogens is 349 g/mol. The fourth-order valence-corrected chi connectivity index (χ4v) is 2.82. The van der Waals surface area contributed by atoms with Crippen LogP contribution in [0.1, 0.15) is 26.2 Å². The normalized spacial score (nSPS) is 26.1. The van der Waals surface area contributed by atoms with Crippen LogP contribution >= 0.6 is 15.9 Å². The van der Waals surface area contributed by atoms with Crippen molar-refractivity contribution in [1.82, 2.24) is 0 Å². The van der Waals surface area contributed by atoms with Gasteiger partial charge >= 0.3 is 0 Å². The molecule has 0 amide bonds. The number of halogens is 4. The fraction of sp³-hybridized carbons (Fsp3) is 0.636. The van der Waals surface area contributed by atoms with Crippen molar-refractivity contribution in [3.05, 3.63) is 23.3 Å². The third-order valence-electron chi connectivity index (χ3n) is 3.02. The van der Waals surface area contributed by atoms with Crippen LogP contribution < -0.4 is 0 Å². The summed E-state index contributed by atoms with van der Waals surface area (Å²) in [4.78, 5) is 0. The van der Waals surface area contributed by atoms with E-state index in [1.54, 1.807) is 6.92 Å². The predicted molar refractivity (Wildman–Crippen MR) is 69.8 cm³/mol. The molecule has 0 radical (unpaired) electrons. The molecule has 0 bridgehead atoms. The standard InChI is InChI=1S/C11H14BrF3O3S/c1-7-4-5-11(12,19(16,17)18)6-8(7)2-3-9(13)10(14)15/h4-5,9-10H,2-3,6H2,1H3,(H,16,17,18). The number of hydrogen-bond acceptors (Lipinski definition) is 2. The first-order chi connectivity index (χ1) is 8.57. The Morgan fingerprint density at radius 2 is 2.05 bits per heavy atom. The van der Waals surface area contributed by atoms with Crippen molar-refractivity contribution in [3.63, 3.8) is 0 Å². The molecule has 1 rings (SSSR count). The Kier molecular flexibility index (Phi) is 5.25. The first-order valence-corrected chi connectivity index (χ1v) is 7.76. The number of hydrogen-bond donors (Lipinski definition) is 1. The zero-order valence-electron chi connectivity index (χ0n) is 10.1. The highest BCUT2D eigenvalue weighted by Crippen LogP contribution is 2.39. The summed E-state index contributed by atoms with van der Waals surface area (Å²) >= 11 is 2.92. The molecule has 0 aliphatic heterocycles. The van der Waals surface area contributed by atoms with Gasteiger partial charge in [0.15, 0.2) is 9.83 Å². The maximum atomic E-state index is 12.9. The third-order valence-corrected chi connectivity index (χ3v) is 5.93. The average molecular weight is 363 g/mol. The van der Waals surface area contributed by atoms with Gasteiger partial charge in [0.2, 0.25) is 0 Å². The van der Waals surface area contributed by atoms with E-state index >= 15 is 0 Å². The Morgan fingerprint density at radius 1 is 1.47 bits per heavy atom. The monoisotopic (exact) mass is 362 g/mol. The summed E-state index contributed by atoms with van der Waals surface area (Å²) in [6, 6.07) is 0. The van der Waals surface area contributed by atoms with Gasteiger partial charge in [-0.1, -0.05) is 33.2 Å². The van der Waals surface area contributed by atoms with Gasteiger partial charge in [-0.15, -0.1) is 0 Å². The topological polar surface area (TPSA) is 54.4 Å². The summed E-state index contributed by atoms with van der Waals surface area (Å²) in [5.41, 5.74) is 1.22. The van der Waals surface area contributed by atoms with E-state index in [0.29, 0.717) is 11.1 Å². The van der Waals surface area contributed by atoms with Crippen LogP contribution in [0.15, 0.2) is 23.3 Å². The Bertz CT molecular complexity index is 501. The van der Waals surface area contributed by atoms with Crippen LogP contribution in [0.5, 0.6) is 0 Å². The van der Waals surface area contributed by atoms with Crippen molar-refractivity contribution >= 4 is 26.0 Å². The molecule has 2 atom stereocenters.